The van der Waals surface area contributed by atoms with Crippen LogP contribution in [0.4, 0.5) is 13.2 Å². The average Bonchev–Trinajstić information content (AvgIpc) is 3.38. The second-order valence-electron chi connectivity index (χ2n) is 18.0. The van der Waals surface area contributed by atoms with Gasteiger partial charge in [-0.25, -0.2) is 13.2 Å². The summed E-state index contributed by atoms with van der Waals surface area (Å²) in [6.07, 6.45) is -1.67. The number of phenolic OH excluding ortho intramolecular Hbond substituents is 1. The van der Waals surface area contributed by atoms with Gasteiger partial charge in [0.1, 0.15) is 6.04 Å². The van der Waals surface area contributed by atoms with Crippen molar-refractivity contribution >= 4 is 37.8 Å². The van der Waals surface area contributed by atoms with E-state index in [9.17, 15) is 31.5 Å². The van der Waals surface area contributed by atoms with Gasteiger partial charge in [-0.05, 0) is 91.6 Å². The van der Waals surface area contributed by atoms with Gasteiger partial charge in [-0.1, -0.05) is 81.7 Å². The Kier molecular flexibility index (Phi) is 14.9. The van der Waals surface area contributed by atoms with Crippen molar-refractivity contribution in [3.8, 4) is 11.5 Å². The molecule has 2 bridgehead atoms. The molecule has 1 amide bonds. The number of methoxy groups -OCH3 is 1. The Hall–Kier alpha value is -2.92. The van der Waals surface area contributed by atoms with Gasteiger partial charge in [0.25, 0.3) is 0 Å². The number of alkyl halides is 3. The molecule has 0 radical (unpaired) electrons. The number of sulfonamides is 1. The van der Waals surface area contributed by atoms with Crippen molar-refractivity contribution in [2.75, 3.05) is 33.5 Å². The van der Waals surface area contributed by atoms with Crippen LogP contribution in [0.25, 0.3) is 0 Å². The second-order valence-corrected chi connectivity index (χ2v) is 20.9. The fourth-order valence-electron chi connectivity index (χ4n) is 8.91. The fourth-order valence-corrected chi connectivity index (χ4v) is 11.0. The highest BCUT2D eigenvalue weighted by atomic mass is 79.9. The molecule has 11 nitrogen and oxygen atoms in total. The monoisotopic (exact) mass is 888 g/mol. The maximum absolute atomic E-state index is 13.7. The Morgan fingerprint density at radius 2 is 1.72 bits per heavy atom. The summed E-state index contributed by atoms with van der Waals surface area (Å²) in [6, 6.07) is 11.3. The van der Waals surface area contributed by atoms with Crippen LogP contribution in [0.1, 0.15) is 83.9 Å². The Labute approximate surface area is 344 Å². The van der Waals surface area contributed by atoms with Gasteiger partial charge < -0.3 is 25.2 Å². The van der Waals surface area contributed by atoms with Gasteiger partial charge in [-0.2, -0.15) is 17.5 Å². The highest BCUT2D eigenvalue weighted by Gasteiger charge is 2.57. The first kappa shape index (κ1) is 46.8. The molecule has 1 saturated heterocycles. The van der Waals surface area contributed by atoms with Crippen LogP contribution in [0.3, 0.4) is 0 Å². The lowest BCUT2D eigenvalue weighted by Gasteiger charge is -2.62. The lowest BCUT2D eigenvalue weighted by molar-refractivity contribution is -0.192. The van der Waals surface area contributed by atoms with Gasteiger partial charge in [0.2, 0.25) is 15.9 Å². The molecule has 3 saturated carbocycles. The average molecular weight is 890 g/mol. The summed E-state index contributed by atoms with van der Waals surface area (Å²) < 4.78 is 66.2. The van der Waals surface area contributed by atoms with Gasteiger partial charge in [-0.3, -0.25) is 9.69 Å². The van der Waals surface area contributed by atoms with Crippen LogP contribution in [-0.4, -0.2) is 102 Å². The van der Waals surface area contributed by atoms with Crippen molar-refractivity contribution in [2.45, 2.75) is 111 Å². The topological polar surface area (TPSA) is 140 Å². The molecule has 2 aromatic carbocycles. The molecular weight excluding hydrogens is 829 g/mol. The van der Waals surface area contributed by atoms with E-state index in [1.165, 1.54) is 10.7 Å². The van der Waals surface area contributed by atoms with Crippen LogP contribution in [0.2, 0.25) is 0 Å². The van der Waals surface area contributed by atoms with Crippen LogP contribution in [0.15, 0.2) is 40.9 Å². The third-order valence-corrected chi connectivity index (χ3v) is 14.6. The smallest absolute Gasteiger partial charge is 0.490 e. The summed E-state index contributed by atoms with van der Waals surface area (Å²) in [5.41, 5.74) is 3.01. The number of benzene rings is 2. The highest BCUT2D eigenvalue weighted by molar-refractivity contribution is 9.10. The highest BCUT2D eigenvalue weighted by Crippen LogP contribution is 2.61. The molecule has 4 fully saturated rings. The number of hydrogen-bond donors (Lipinski definition) is 3. The SMILES string of the molecule is COc1ccc(Br)c(CN(Cc2cccc(CN3C(C(=O)N[C@H]4C[C@H]5C[C@@H]([C@@H]4C)C5(C)C)CCS3(=O)=O)c2)[C@H](CN(C)C)CC(C)(C)C)c1O.O=C(O)C(F)(F)F. The van der Waals surface area contributed by atoms with Gasteiger partial charge in [-0.15, -0.1) is 0 Å². The molecule has 1 heterocycles. The van der Waals surface area contributed by atoms with E-state index in [2.05, 4.69) is 98.8 Å². The van der Waals surface area contributed by atoms with E-state index >= 15 is 0 Å². The third kappa shape index (κ3) is 11.6. The molecule has 1 aliphatic heterocycles. The van der Waals surface area contributed by atoms with Gasteiger partial charge in [0, 0.05) is 48.3 Å². The van der Waals surface area contributed by atoms with Gasteiger partial charge in [0.15, 0.2) is 11.5 Å². The van der Waals surface area contributed by atoms with Crippen molar-refractivity contribution in [3.63, 3.8) is 0 Å². The van der Waals surface area contributed by atoms with Crippen LogP contribution in [0.5, 0.6) is 11.5 Å². The van der Waals surface area contributed by atoms with Crippen LogP contribution in [-0.2, 0) is 39.2 Å². The zero-order valence-electron chi connectivity index (χ0n) is 34.5. The number of nitrogens with zero attached hydrogens (tertiary/aromatic N) is 3. The first-order chi connectivity index (χ1) is 26.2. The lowest BCUT2D eigenvalue weighted by Crippen LogP contribution is -2.61. The van der Waals surface area contributed by atoms with E-state index in [1.807, 2.05) is 18.2 Å². The number of carbonyl (C=O) groups is 2. The quantitative estimate of drug-likeness (QED) is 0.190. The van der Waals surface area contributed by atoms with E-state index in [4.69, 9.17) is 14.6 Å². The first-order valence-corrected chi connectivity index (χ1v) is 21.8. The molecule has 6 rings (SSSR count). The molecule has 16 heteroatoms. The third-order valence-electron chi connectivity index (χ3n) is 12.0. The zero-order chi connectivity index (χ0) is 42.8. The number of aromatic hydroxyl groups is 1. The number of carboxylic acids is 1. The normalized spacial score (nSPS) is 24.6. The Morgan fingerprint density at radius 3 is 2.26 bits per heavy atom. The standard InChI is InChI=1S/C39H59BrN4O5S.C2HF3O2/c1-25-31-18-28(39(31,5)6)19-33(25)41-37(46)34-15-16-50(47,48)44(34)22-27-12-10-11-26(17-27)21-43(29(23-42(7)8)20-38(2,3)4)24-30-32(40)13-14-35(49-9)36(30)45;3-2(4,5)1(6)7/h10-14,17,25,28-29,31,33-34,45H,15-16,18-24H2,1-9H3,(H,41,46);(H,6,7)/t25-,28+,29-,31-,33-,34?;/m0./s1. The summed E-state index contributed by atoms with van der Waals surface area (Å²) in [7, 11) is 2.13. The van der Waals surface area contributed by atoms with Crippen molar-refractivity contribution in [1.82, 2.24) is 19.4 Å². The number of hydrogen-bond acceptors (Lipinski definition) is 8. The number of halogens is 4. The van der Waals surface area contributed by atoms with E-state index < -0.39 is 28.2 Å². The molecule has 0 spiro atoms. The number of ether oxygens (including phenoxy) is 1. The number of rotatable bonds is 13. The minimum Gasteiger partial charge on any atom is -0.504 e. The maximum Gasteiger partial charge on any atom is 0.490 e. The number of phenols is 1. The van der Waals surface area contributed by atoms with Crippen molar-refractivity contribution in [1.29, 1.82) is 0 Å². The van der Waals surface area contributed by atoms with Gasteiger partial charge >= 0.3 is 12.1 Å². The predicted molar refractivity (Wildman–Crippen MR) is 217 cm³/mol. The number of carbonyl (C=O) groups excluding carboxylic acids is 1. The maximum atomic E-state index is 13.7. The molecule has 4 aliphatic rings. The predicted octanol–water partition coefficient (Wildman–Crippen LogP) is 7.26. The van der Waals surface area contributed by atoms with E-state index in [1.54, 1.807) is 13.2 Å². The van der Waals surface area contributed by atoms with Crippen LogP contribution < -0.4 is 10.1 Å². The molecule has 6 atom stereocenters. The van der Waals surface area contributed by atoms with Crippen molar-refractivity contribution in [3.05, 3.63) is 57.6 Å². The van der Waals surface area contributed by atoms with Gasteiger partial charge in [0.05, 0.1) is 12.9 Å². The van der Waals surface area contributed by atoms with E-state index in [0.29, 0.717) is 48.4 Å². The van der Waals surface area contributed by atoms with Crippen molar-refractivity contribution in [2.24, 2.45) is 28.6 Å². The number of nitrogens with one attached hydrogen (secondary N) is 1. The number of likely N-dealkylation sites (N-methyl/N-ethyl adjacent to an activating group) is 1. The summed E-state index contributed by atoms with van der Waals surface area (Å²) in [4.78, 5) is 27.2. The molecular formula is C41H60BrF3N4O7S. The largest absolute Gasteiger partial charge is 0.504 e. The molecule has 0 aromatic heterocycles. The number of fused-ring (bicyclic) bond motifs is 2. The minimum absolute atomic E-state index is 0.0189. The van der Waals surface area contributed by atoms with Crippen LogP contribution in [0, 0.1) is 28.6 Å². The molecule has 1 unspecified atom stereocenters. The second kappa shape index (κ2) is 18.1. The Morgan fingerprint density at radius 1 is 1.09 bits per heavy atom. The van der Waals surface area contributed by atoms with Crippen molar-refractivity contribution < 1.29 is 46.1 Å². The molecule has 57 heavy (non-hydrogen) atoms. The number of amides is 1. The Balaban J connectivity index is 0.000000940. The summed E-state index contributed by atoms with van der Waals surface area (Å²) in [5.74, 6) is -0.828. The van der Waals surface area contributed by atoms with Crippen LogP contribution >= 0.6 is 15.9 Å². The lowest BCUT2D eigenvalue weighted by atomic mass is 9.45. The zero-order valence-corrected chi connectivity index (χ0v) is 36.9. The molecule has 2 aromatic rings. The summed E-state index contributed by atoms with van der Waals surface area (Å²) in [6.45, 7) is 15.7. The molecule has 3 aliphatic carbocycles. The molecule has 320 valence electrons. The van der Waals surface area contributed by atoms with E-state index in [-0.39, 0.29) is 41.5 Å². The minimum atomic E-state index is -5.08. The first-order valence-electron chi connectivity index (χ1n) is 19.4. The fraction of sp³-hybridized carbons (Fsp3) is 0.659. The summed E-state index contributed by atoms with van der Waals surface area (Å²) >= 11 is 3.67. The summed E-state index contributed by atoms with van der Waals surface area (Å²) in [5, 5.41) is 21.6. The Bertz CT molecular complexity index is 1850. The number of carboxylic acid groups (broad SMARTS) is 1. The molecule has 3 N–H and O–H groups in total. The van der Waals surface area contributed by atoms with E-state index in [0.717, 1.165) is 40.5 Å². The number of aliphatic carboxylic acids is 1.